The van der Waals surface area contributed by atoms with Crippen LogP contribution < -0.4 is 0 Å². The minimum Gasteiger partial charge on any atom is -0.448 e. The van der Waals surface area contributed by atoms with Crippen LogP contribution in [0.5, 0.6) is 0 Å². The van der Waals surface area contributed by atoms with Gasteiger partial charge in [-0.05, 0) is 40.3 Å². The van der Waals surface area contributed by atoms with Crippen LogP contribution in [0.4, 0.5) is 4.79 Å². The molecule has 1 heterocycles. The fraction of sp³-hybridized carbons (Fsp3) is 0.250. The molecule has 26 heavy (non-hydrogen) atoms. The van der Waals surface area contributed by atoms with Crippen LogP contribution in [0.3, 0.4) is 0 Å². The Hall–Kier alpha value is -2.66. The first-order chi connectivity index (χ1) is 12.6. The fourth-order valence-electron chi connectivity index (χ4n) is 3.79. The van der Waals surface area contributed by atoms with Crippen LogP contribution in [0.15, 0.2) is 48.5 Å². The molecule has 2 aliphatic rings. The first-order valence-corrected chi connectivity index (χ1v) is 8.82. The number of likely N-dealkylation sites (tertiary alicyclic amines) is 1. The van der Waals surface area contributed by atoms with Gasteiger partial charge in [0, 0.05) is 12.3 Å². The number of carbonyl (C=O) groups is 3. The summed E-state index contributed by atoms with van der Waals surface area (Å²) in [6, 6.07) is 15.0. The number of ether oxygens (including phenoxy) is 1. The monoisotopic (exact) mass is 369 g/mol. The van der Waals surface area contributed by atoms with E-state index in [1.165, 1.54) is 0 Å². The van der Waals surface area contributed by atoms with Gasteiger partial charge in [-0.2, -0.15) is 0 Å². The maximum atomic E-state index is 12.4. The van der Waals surface area contributed by atoms with Crippen molar-refractivity contribution >= 4 is 28.8 Å². The average molecular weight is 370 g/mol. The third-order valence-corrected chi connectivity index (χ3v) is 5.26. The van der Waals surface area contributed by atoms with Crippen molar-refractivity contribution in [3.63, 3.8) is 0 Å². The molecular formula is C20H16ClNO4. The molecule has 0 unspecified atom stereocenters. The van der Waals surface area contributed by atoms with Crippen LogP contribution in [-0.4, -0.2) is 34.8 Å². The van der Waals surface area contributed by atoms with E-state index in [2.05, 4.69) is 0 Å². The molecule has 1 aliphatic carbocycles. The molecule has 4 rings (SSSR count). The summed E-state index contributed by atoms with van der Waals surface area (Å²) in [7, 11) is 0. The number of halogens is 1. The maximum absolute atomic E-state index is 12.4. The van der Waals surface area contributed by atoms with E-state index < -0.39 is 23.3 Å². The highest BCUT2D eigenvalue weighted by Gasteiger charge is 2.41. The third kappa shape index (κ3) is 2.69. The Labute approximate surface area is 155 Å². The molecule has 2 aromatic carbocycles. The Morgan fingerprint density at radius 2 is 1.62 bits per heavy atom. The second kappa shape index (κ2) is 6.57. The highest BCUT2D eigenvalue weighted by atomic mass is 35.5. The molecule has 6 heteroatoms. The number of amides is 2. The molecule has 0 radical (unpaired) electrons. The van der Waals surface area contributed by atoms with Crippen molar-refractivity contribution in [2.75, 3.05) is 6.61 Å². The van der Waals surface area contributed by atoms with Crippen molar-refractivity contribution in [3.05, 3.63) is 59.7 Å². The largest absolute Gasteiger partial charge is 0.448 e. The third-order valence-electron chi connectivity index (χ3n) is 5.01. The Kier molecular flexibility index (Phi) is 4.24. The molecule has 2 amide bonds. The molecule has 132 valence electrons. The summed E-state index contributed by atoms with van der Waals surface area (Å²) in [6.07, 6.45) is -0.452. The molecule has 0 bridgehead atoms. The lowest BCUT2D eigenvalue weighted by Crippen LogP contribution is -2.42. The molecule has 0 aromatic heterocycles. The molecule has 1 saturated heterocycles. The SMILES string of the molecule is O=C(Cl)[C@H]1CCC(=O)N1C(=O)OCC1c2ccccc2-c2ccccc21. The van der Waals surface area contributed by atoms with Gasteiger partial charge < -0.3 is 4.74 Å². The average Bonchev–Trinajstić information content (AvgIpc) is 3.18. The summed E-state index contributed by atoms with van der Waals surface area (Å²) in [6.45, 7) is 0.0971. The van der Waals surface area contributed by atoms with E-state index in [0.29, 0.717) is 0 Å². The predicted molar refractivity (Wildman–Crippen MR) is 95.8 cm³/mol. The normalized spacial score (nSPS) is 18.6. The second-order valence-corrected chi connectivity index (χ2v) is 6.80. The number of benzene rings is 2. The highest BCUT2D eigenvalue weighted by molar-refractivity contribution is 6.65. The molecule has 0 saturated carbocycles. The number of hydrogen-bond donors (Lipinski definition) is 0. The lowest BCUT2D eigenvalue weighted by Gasteiger charge is -2.21. The molecule has 1 aliphatic heterocycles. The zero-order valence-corrected chi connectivity index (χ0v) is 14.6. The Balaban J connectivity index is 1.56. The first-order valence-electron chi connectivity index (χ1n) is 8.44. The molecule has 2 aromatic rings. The minimum atomic E-state index is -0.931. The van der Waals surface area contributed by atoms with E-state index in [4.69, 9.17) is 16.3 Å². The lowest BCUT2D eigenvalue weighted by atomic mass is 9.98. The van der Waals surface area contributed by atoms with Gasteiger partial charge in [-0.25, -0.2) is 9.69 Å². The van der Waals surface area contributed by atoms with Gasteiger partial charge in [0.2, 0.25) is 11.1 Å². The Morgan fingerprint density at radius 1 is 1.04 bits per heavy atom. The topological polar surface area (TPSA) is 63.7 Å². The number of fused-ring (bicyclic) bond motifs is 3. The molecular weight excluding hydrogens is 354 g/mol. The summed E-state index contributed by atoms with van der Waals surface area (Å²) < 4.78 is 5.43. The number of carbonyl (C=O) groups excluding carboxylic acids is 3. The molecule has 0 N–H and O–H groups in total. The Morgan fingerprint density at radius 3 is 2.19 bits per heavy atom. The zero-order chi connectivity index (χ0) is 18.3. The number of rotatable bonds is 3. The predicted octanol–water partition coefficient (Wildman–Crippen LogP) is 3.69. The first kappa shape index (κ1) is 16.8. The quantitative estimate of drug-likeness (QED) is 0.774. The van der Waals surface area contributed by atoms with Crippen molar-refractivity contribution in [2.24, 2.45) is 0 Å². The summed E-state index contributed by atoms with van der Waals surface area (Å²) in [5.74, 6) is -0.532. The molecule has 1 atom stereocenters. The van der Waals surface area contributed by atoms with Gasteiger partial charge in [0.1, 0.15) is 12.6 Å². The van der Waals surface area contributed by atoms with Gasteiger partial charge in [0.25, 0.3) is 0 Å². The second-order valence-electron chi connectivity index (χ2n) is 6.43. The van der Waals surface area contributed by atoms with Crippen LogP contribution in [0.2, 0.25) is 0 Å². The van der Waals surface area contributed by atoms with E-state index >= 15 is 0 Å². The number of imide groups is 1. The van der Waals surface area contributed by atoms with Crippen LogP contribution in [-0.2, 0) is 14.3 Å². The van der Waals surface area contributed by atoms with Gasteiger partial charge in [-0.3, -0.25) is 9.59 Å². The molecule has 0 spiro atoms. The van der Waals surface area contributed by atoms with Crippen molar-refractivity contribution in [2.45, 2.75) is 24.8 Å². The molecule has 5 nitrogen and oxygen atoms in total. The fourth-order valence-corrected chi connectivity index (χ4v) is 4.00. The van der Waals surface area contributed by atoms with Gasteiger partial charge in [0.15, 0.2) is 0 Å². The van der Waals surface area contributed by atoms with Gasteiger partial charge in [-0.1, -0.05) is 48.5 Å². The van der Waals surface area contributed by atoms with Crippen LogP contribution in [0.25, 0.3) is 11.1 Å². The maximum Gasteiger partial charge on any atom is 0.417 e. The van der Waals surface area contributed by atoms with Crippen molar-refractivity contribution in [3.8, 4) is 11.1 Å². The van der Waals surface area contributed by atoms with Crippen molar-refractivity contribution in [1.82, 2.24) is 4.90 Å². The van der Waals surface area contributed by atoms with Crippen LogP contribution >= 0.6 is 11.6 Å². The van der Waals surface area contributed by atoms with E-state index in [1.807, 2.05) is 48.5 Å². The molecule has 1 fully saturated rings. The summed E-state index contributed by atoms with van der Waals surface area (Å²) in [5.41, 5.74) is 4.41. The van der Waals surface area contributed by atoms with Crippen molar-refractivity contribution < 1.29 is 19.1 Å². The van der Waals surface area contributed by atoms with E-state index in [9.17, 15) is 14.4 Å². The summed E-state index contributed by atoms with van der Waals surface area (Å²) >= 11 is 5.51. The van der Waals surface area contributed by atoms with E-state index in [0.717, 1.165) is 27.2 Å². The summed E-state index contributed by atoms with van der Waals surface area (Å²) in [4.78, 5) is 36.7. The van der Waals surface area contributed by atoms with E-state index in [-0.39, 0.29) is 25.4 Å². The highest BCUT2D eigenvalue weighted by Crippen LogP contribution is 2.44. The van der Waals surface area contributed by atoms with Crippen molar-refractivity contribution in [1.29, 1.82) is 0 Å². The number of hydrogen-bond acceptors (Lipinski definition) is 4. The lowest BCUT2D eigenvalue weighted by molar-refractivity contribution is -0.130. The van der Waals surface area contributed by atoms with E-state index in [1.54, 1.807) is 0 Å². The van der Waals surface area contributed by atoms with Gasteiger partial charge in [0.05, 0.1) is 0 Å². The standard InChI is InChI=1S/C20H16ClNO4/c21-19(24)17-9-10-18(23)22(17)20(25)26-11-16-14-7-3-1-5-12(14)13-6-2-4-8-15(13)16/h1-8,16-17H,9-11H2/t17-/m1/s1. The van der Waals surface area contributed by atoms with Gasteiger partial charge in [-0.15, -0.1) is 0 Å². The number of nitrogens with zero attached hydrogens (tertiary/aromatic N) is 1. The van der Waals surface area contributed by atoms with Gasteiger partial charge >= 0.3 is 6.09 Å². The zero-order valence-electron chi connectivity index (χ0n) is 13.9. The van der Waals surface area contributed by atoms with Crippen LogP contribution in [0.1, 0.15) is 29.9 Å². The smallest absolute Gasteiger partial charge is 0.417 e. The summed E-state index contributed by atoms with van der Waals surface area (Å²) in [5, 5.41) is -0.718. The van der Waals surface area contributed by atoms with Crippen LogP contribution in [0, 0.1) is 0 Å². The minimum absolute atomic E-state index is 0.0971. The Bertz CT molecular complexity index is 865.